The van der Waals surface area contributed by atoms with Crippen LogP contribution in [0.3, 0.4) is 0 Å². The summed E-state index contributed by atoms with van der Waals surface area (Å²) in [6.45, 7) is 6.06. The van der Waals surface area contributed by atoms with Crippen molar-refractivity contribution < 1.29 is 19.4 Å². The molecule has 7 heteroatoms. The van der Waals surface area contributed by atoms with E-state index in [1.807, 2.05) is 48.9 Å². The highest BCUT2D eigenvalue weighted by atomic mass is 16.5. The van der Waals surface area contributed by atoms with Gasteiger partial charge in [-0.25, -0.2) is 4.79 Å². The van der Waals surface area contributed by atoms with Crippen LogP contribution < -0.4 is 5.32 Å². The maximum absolute atomic E-state index is 12.1. The number of para-hydroxylation sites is 1. The zero-order valence-corrected chi connectivity index (χ0v) is 17.3. The normalized spacial score (nSPS) is 10.6. The number of aryl methyl sites for hydroxylation is 2. The van der Waals surface area contributed by atoms with Crippen LogP contribution in [0.15, 0.2) is 48.5 Å². The van der Waals surface area contributed by atoms with E-state index in [1.165, 1.54) is 6.07 Å². The van der Waals surface area contributed by atoms with Crippen molar-refractivity contribution in [3.8, 4) is 5.75 Å². The second-order valence-corrected chi connectivity index (χ2v) is 7.12. The van der Waals surface area contributed by atoms with Gasteiger partial charge in [0.05, 0.1) is 12.2 Å². The second kappa shape index (κ2) is 9.26. The lowest BCUT2D eigenvalue weighted by atomic mass is 10.1. The van der Waals surface area contributed by atoms with Crippen LogP contribution in [0.4, 0.5) is 0 Å². The van der Waals surface area contributed by atoms with Crippen molar-refractivity contribution >= 4 is 11.9 Å². The number of aromatic nitrogens is 2. The number of hydrogen-bond donors (Lipinski definition) is 2. The number of nitrogens with one attached hydrogen (secondary N) is 1. The second-order valence-electron chi connectivity index (χ2n) is 7.12. The molecule has 0 unspecified atom stereocenters. The number of aromatic hydroxyl groups is 1. The molecule has 0 aliphatic heterocycles. The van der Waals surface area contributed by atoms with Gasteiger partial charge in [0.25, 0.3) is 5.91 Å². The van der Waals surface area contributed by atoms with Gasteiger partial charge in [0.1, 0.15) is 11.3 Å². The number of nitrogens with zero attached hydrogens (tertiary/aromatic N) is 2. The van der Waals surface area contributed by atoms with Gasteiger partial charge in [-0.3, -0.25) is 9.48 Å². The number of carbonyl (C=O) groups excluding carboxylic acids is 2. The molecule has 0 spiro atoms. The monoisotopic (exact) mass is 407 g/mol. The lowest BCUT2D eigenvalue weighted by molar-refractivity contribution is -0.124. The van der Waals surface area contributed by atoms with Crippen molar-refractivity contribution in [3.63, 3.8) is 0 Å². The summed E-state index contributed by atoms with van der Waals surface area (Å²) >= 11 is 0. The van der Waals surface area contributed by atoms with E-state index in [2.05, 4.69) is 10.4 Å². The molecular weight excluding hydrogens is 382 g/mol. The van der Waals surface area contributed by atoms with E-state index in [-0.39, 0.29) is 11.3 Å². The van der Waals surface area contributed by atoms with E-state index in [1.54, 1.807) is 19.1 Å². The van der Waals surface area contributed by atoms with Crippen LogP contribution in [0.1, 0.15) is 38.4 Å². The molecule has 1 aromatic heterocycles. The number of amides is 1. The van der Waals surface area contributed by atoms with E-state index in [4.69, 9.17) is 4.74 Å². The Hall–Kier alpha value is -3.61. The molecule has 0 atom stereocenters. The molecule has 156 valence electrons. The zero-order chi connectivity index (χ0) is 21.7. The van der Waals surface area contributed by atoms with E-state index in [0.29, 0.717) is 18.7 Å². The summed E-state index contributed by atoms with van der Waals surface area (Å²) in [5, 5.41) is 17.3. The summed E-state index contributed by atoms with van der Waals surface area (Å²) < 4.78 is 6.94. The van der Waals surface area contributed by atoms with Crippen LogP contribution in [0.25, 0.3) is 0 Å². The first-order valence-electron chi connectivity index (χ1n) is 9.66. The van der Waals surface area contributed by atoms with Gasteiger partial charge in [0.2, 0.25) is 0 Å². The SMILES string of the molecule is Cc1cccc(C(=O)OCC(=O)NCc2c(C)nn(Cc3ccccc3)c2C)c1O. The Morgan fingerprint density at radius 1 is 1.07 bits per heavy atom. The van der Waals surface area contributed by atoms with Gasteiger partial charge in [-0.1, -0.05) is 42.5 Å². The maximum atomic E-state index is 12.1. The average Bonchev–Trinajstić information content (AvgIpc) is 3.00. The highest BCUT2D eigenvalue weighted by molar-refractivity contribution is 5.94. The summed E-state index contributed by atoms with van der Waals surface area (Å²) in [6, 6.07) is 14.8. The molecule has 0 fully saturated rings. The lowest BCUT2D eigenvalue weighted by Crippen LogP contribution is -2.28. The fourth-order valence-corrected chi connectivity index (χ4v) is 3.17. The third kappa shape index (κ3) is 4.86. The number of phenolic OH excluding ortho intramolecular Hbond substituents is 1. The van der Waals surface area contributed by atoms with Gasteiger partial charge in [0.15, 0.2) is 6.61 Å². The Morgan fingerprint density at radius 2 is 1.80 bits per heavy atom. The van der Waals surface area contributed by atoms with E-state index in [0.717, 1.165) is 22.5 Å². The fourth-order valence-electron chi connectivity index (χ4n) is 3.17. The number of phenols is 1. The number of hydrogen-bond acceptors (Lipinski definition) is 5. The Bertz CT molecular complexity index is 1060. The summed E-state index contributed by atoms with van der Waals surface area (Å²) in [6.07, 6.45) is 0. The Labute approximate surface area is 175 Å². The molecule has 1 amide bonds. The van der Waals surface area contributed by atoms with Crippen LogP contribution in [0.5, 0.6) is 5.75 Å². The predicted molar refractivity (Wildman–Crippen MR) is 112 cm³/mol. The van der Waals surface area contributed by atoms with Crippen molar-refractivity contribution in [1.82, 2.24) is 15.1 Å². The molecule has 30 heavy (non-hydrogen) atoms. The average molecular weight is 407 g/mol. The summed E-state index contributed by atoms with van der Waals surface area (Å²) in [7, 11) is 0. The summed E-state index contributed by atoms with van der Waals surface area (Å²) in [5.74, 6) is -1.31. The van der Waals surface area contributed by atoms with E-state index < -0.39 is 18.5 Å². The van der Waals surface area contributed by atoms with Crippen LogP contribution in [-0.2, 0) is 22.6 Å². The van der Waals surface area contributed by atoms with Crippen molar-refractivity contribution in [2.75, 3.05) is 6.61 Å². The molecule has 2 N–H and O–H groups in total. The summed E-state index contributed by atoms with van der Waals surface area (Å²) in [5.41, 5.74) is 4.49. The molecule has 3 rings (SSSR count). The number of rotatable bonds is 7. The Kier molecular flexibility index (Phi) is 6.51. The van der Waals surface area contributed by atoms with Gasteiger partial charge >= 0.3 is 5.97 Å². The molecule has 0 aliphatic carbocycles. The molecular formula is C23H25N3O4. The highest BCUT2D eigenvalue weighted by Crippen LogP contribution is 2.22. The fraction of sp³-hybridized carbons (Fsp3) is 0.261. The summed E-state index contributed by atoms with van der Waals surface area (Å²) in [4.78, 5) is 24.3. The topological polar surface area (TPSA) is 93.5 Å². The van der Waals surface area contributed by atoms with Crippen molar-refractivity contribution in [3.05, 3.63) is 82.2 Å². The van der Waals surface area contributed by atoms with Crippen molar-refractivity contribution in [1.29, 1.82) is 0 Å². The molecule has 0 aliphatic rings. The minimum atomic E-state index is -0.741. The molecule has 3 aromatic rings. The third-order valence-electron chi connectivity index (χ3n) is 4.96. The molecule has 7 nitrogen and oxygen atoms in total. The zero-order valence-electron chi connectivity index (χ0n) is 17.3. The largest absolute Gasteiger partial charge is 0.507 e. The van der Waals surface area contributed by atoms with Gasteiger partial charge in [-0.05, 0) is 38.0 Å². The first kappa shape index (κ1) is 21.1. The third-order valence-corrected chi connectivity index (χ3v) is 4.96. The predicted octanol–water partition coefficient (Wildman–Crippen LogP) is 3.04. The van der Waals surface area contributed by atoms with Gasteiger partial charge in [0, 0.05) is 17.8 Å². The number of carbonyl (C=O) groups is 2. The van der Waals surface area contributed by atoms with Gasteiger partial charge < -0.3 is 15.2 Å². The van der Waals surface area contributed by atoms with Gasteiger partial charge in [-0.15, -0.1) is 0 Å². The van der Waals surface area contributed by atoms with Crippen LogP contribution in [0, 0.1) is 20.8 Å². The lowest BCUT2D eigenvalue weighted by Gasteiger charge is -2.09. The quantitative estimate of drug-likeness (QED) is 0.587. The van der Waals surface area contributed by atoms with Crippen LogP contribution >= 0.6 is 0 Å². The Balaban J connectivity index is 1.56. The van der Waals surface area contributed by atoms with Crippen LogP contribution in [0.2, 0.25) is 0 Å². The molecule has 0 bridgehead atoms. The van der Waals surface area contributed by atoms with E-state index in [9.17, 15) is 14.7 Å². The molecule has 0 radical (unpaired) electrons. The first-order chi connectivity index (χ1) is 14.4. The van der Waals surface area contributed by atoms with E-state index >= 15 is 0 Å². The molecule has 0 saturated heterocycles. The smallest absolute Gasteiger partial charge is 0.342 e. The highest BCUT2D eigenvalue weighted by Gasteiger charge is 2.17. The van der Waals surface area contributed by atoms with Crippen molar-refractivity contribution in [2.24, 2.45) is 0 Å². The minimum absolute atomic E-state index is 0.0386. The maximum Gasteiger partial charge on any atom is 0.342 e. The number of esters is 1. The van der Waals surface area contributed by atoms with Crippen molar-refractivity contribution in [2.45, 2.75) is 33.9 Å². The number of benzene rings is 2. The Morgan fingerprint density at radius 3 is 2.53 bits per heavy atom. The minimum Gasteiger partial charge on any atom is -0.507 e. The number of ether oxygens (including phenoxy) is 1. The van der Waals surface area contributed by atoms with Gasteiger partial charge in [-0.2, -0.15) is 5.10 Å². The molecule has 0 saturated carbocycles. The van der Waals surface area contributed by atoms with Crippen LogP contribution in [-0.4, -0.2) is 33.4 Å². The molecule has 1 heterocycles. The first-order valence-corrected chi connectivity index (χ1v) is 9.66. The standard InChI is InChI=1S/C23H25N3O4/c1-15-8-7-11-19(22(15)28)23(29)30-14-21(27)24-12-20-16(2)25-26(17(20)3)13-18-9-5-4-6-10-18/h4-11,28H,12-14H2,1-3H3,(H,24,27). The molecule has 2 aromatic carbocycles.